The molecule has 0 aromatic heterocycles. The summed E-state index contributed by atoms with van der Waals surface area (Å²) in [5, 5.41) is 3.15. The molecule has 0 fully saturated rings. The normalized spacial score (nSPS) is 20.2. The number of nitrogens with zero attached hydrogens (tertiary/aromatic N) is 1. The van der Waals surface area contributed by atoms with Crippen LogP contribution in [-0.4, -0.2) is 18.5 Å². The van der Waals surface area contributed by atoms with Crippen molar-refractivity contribution in [1.82, 2.24) is 10.2 Å². The van der Waals surface area contributed by atoms with Gasteiger partial charge in [-0.05, 0) is 24.6 Å². The third-order valence-corrected chi connectivity index (χ3v) is 2.40. The number of likely N-dealkylation sites (N-methyl/N-ethyl adjacent to an activating group) is 1. The van der Waals surface area contributed by atoms with Gasteiger partial charge >= 0.3 is 0 Å². The molecule has 0 aromatic rings. The predicted octanol–water partition coefficient (Wildman–Crippen LogP) is 1.76. The molecule has 0 radical (unpaired) electrons. The summed E-state index contributed by atoms with van der Waals surface area (Å²) in [5.74, 6) is 0. The topological polar surface area (TPSA) is 15.3 Å². The summed E-state index contributed by atoms with van der Waals surface area (Å²) in [6.07, 6.45) is 10.7. The maximum Gasteiger partial charge on any atom is 0.0459 e. The van der Waals surface area contributed by atoms with Gasteiger partial charge < -0.3 is 10.2 Å². The van der Waals surface area contributed by atoms with Gasteiger partial charge in [-0.15, -0.1) is 0 Å². The second-order valence-corrected chi connectivity index (χ2v) is 3.29. The first-order valence-corrected chi connectivity index (χ1v) is 4.53. The summed E-state index contributed by atoms with van der Waals surface area (Å²) in [6.45, 7) is 3.12. The Morgan fingerprint density at radius 3 is 3.00 bits per heavy atom. The highest BCUT2D eigenvalue weighted by molar-refractivity contribution is 5.42. The van der Waals surface area contributed by atoms with E-state index in [9.17, 15) is 0 Å². The molecule has 0 aliphatic carbocycles. The van der Waals surface area contributed by atoms with Gasteiger partial charge in [0.2, 0.25) is 0 Å². The van der Waals surface area contributed by atoms with E-state index in [0.717, 1.165) is 6.54 Å². The molecule has 0 amide bonds. The second-order valence-electron chi connectivity index (χ2n) is 3.29. The minimum Gasteiger partial charge on any atom is -0.388 e. The number of allylic oxidation sites excluding steroid dienone is 4. The van der Waals surface area contributed by atoms with Crippen LogP contribution in [0.4, 0.5) is 0 Å². The van der Waals surface area contributed by atoms with Crippen LogP contribution in [0, 0.1) is 0 Å². The van der Waals surface area contributed by atoms with Gasteiger partial charge in [-0.25, -0.2) is 0 Å². The monoisotopic (exact) mass is 174 g/mol. The fourth-order valence-corrected chi connectivity index (χ4v) is 1.61. The number of hydrogen-bond donors (Lipinski definition) is 1. The second kappa shape index (κ2) is 3.13. The van der Waals surface area contributed by atoms with Crippen LogP contribution >= 0.6 is 0 Å². The van der Waals surface area contributed by atoms with Crippen LogP contribution in [0.15, 0.2) is 47.5 Å². The summed E-state index contributed by atoms with van der Waals surface area (Å²) < 4.78 is 0. The van der Waals surface area contributed by atoms with Crippen molar-refractivity contribution in [3.05, 3.63) is 47.5 Å². The van der Waals surface area contributed by atoms with Gasteiger partial charge in [-0.1, -0.05) is 12.2 Å². The van der Waals surface area contributed by atoms with Gasteiger partial charge in [-0.2, -0.15) is 0 Å². The molecule has 0 spiro atoms. The minimum atomic E-state index is 0.983. The quantitative estimate of drug-likeness (QED) is 0.651. The fourth-order valence-electron chi connectivity index (χ4n) is 1.61. The number of fused-ring (bicyclic) bond motifs is 1. The molecule has 0 unspecified atom stereocenters. The first-order valence-electron chi connectivity index (χ1n) is 4.53. The SMILES string of the molecule is CNC1=CC2=C(C)C=CCN2C=C1. The average molecular weight is 174 g/mol. The zero-order valence-electron chi connectivity index (χ0n) is 8.04. The lowest BCUT2D eigenvalue weighted by molar-refractivity contribution is 0.513. The maximum absolute atomic E-state index is 3.15. The lowest BCUT2D eigenvalue weighted by Crippen LogP contribution is -2.23. The molecule has 2 nitrogen and oxygen atoms in total. The molecule has 0 aromatic carbocycles. The van der Waals surface area contributed by atoms with E-state index in [-0.39, 0.29) is 0 Å². The fraction of sp³-hybridized carbons (Fsp3) is 0.273. The van der Waals surface area contributed by atoms with Crippen molar-refractivity contribution in [3.63, 3.8) is 0 Å². The van der Waals surface area contributed by atoms with Gasteiger partial charge in [0, 0.05) is 31.2 Å². The van der Waals surface area contributed by atoms with Crippen molar-refractivity contribution in [1.29, 1.82) is 0 Å². The highest BCUT2D eigenvalue weighted by Gasteiger charge is 2.13. The minimum absolute atomic E-state index is 0.983. The lowest BCUT2D eigenvalue weighted by Gasteiger charge is -2.28. The molecule has 0 saturated carbocycles. The number of hydrogen-bond acceptors (Lipinski definition) is 2. The molecule has 13 heavy (non-hydrogen) atoms. The molecular formula is C11H14N2. The molecule has 2 rings (SSSR count). The Kier molecular flexibility index (Phi) is 1.97. The summed E-state index contributed by atoms with van der Waals surface area (Å²) in [4.78, 5) is 2.25. The summed E-state index contributed by atoms with van der Waals surface area (Å²) >= 11 is 0. The van der Waals surface area contributed by atoms with E-state index < -0.39 is 0 Å². The van der Waals surface area contributed by atoms with Gasteiger partial charge in [0.05, 0.1) is 0 Å². The predicted molar refractivity (Wildman–Crippen MR) is 54.8 cm³/mol. The molecule has 2 heteroatoms. The molecule has 0 saturated heterocycles. The van der Waals surface area contributed by atoms with Gasteiger partial charge in [0.15, 0.2) is 0 Å². The Bertz CT molecular complexity index is 332. The molecule has 2 aliphatic rings. The van der Waals surface area contributed by atoms with Crippen LogP contribution in [0.2, 0.25) is 0 Å². The summed E-state index contributed by atoms with van der Waals surface area (Å²) in [5.41, 5.74) is 3.79. The van der Waals surface area contributed by atoms with Crippen molar-refractivity contribution in [2.75, 3.05) is 13.6 Å². The number of nitrogens with one attached hydrogen (secondary N) is 1. The van der Waals surface area contributed by atoms with Crippen molar-refractivity contribution in [3.8, 4) is 0 Å². The highest BCUT2D eigenvalue weighted by atomic mass is 15.1. The van der Waals surface area contributed by atoms with Crippen LogP contribution < -0.4 is 5.32 Å². The Labute approximate surface area is 78.9 Å². The van der Waals surface area contributed by atoms with Crippen molar-refractivity contribution >= 4 is 0 Å². The van der Waals surface area contributed by atoms with Crippen molar-refractivity contribution < 1.29 is 0 Å². The summed E-state index contributed by atoms with van der Waals surface area (Å²) in [7, 11) is 1.94. The molecule has 0 bridgehead atoms. The van der Waals surface area contributed by atoms with E-state index in [1.807, 2.05) is 7.05 Å². The third-order valence-electron chi connectivity index (χ3n) is 2.40. The van der Waals surface area contributed by atoms with Crippen LogP contribution in [0.3, 0.4) is 0 Å². The van der Waals surface area contributed by atoms with Gasteiger partial charge in [-0.3, -0.25) is 0 Å². The van der Waals surface area contributed by atoms with E-state index in [2.05, 4.69) is 47.6 Å². The van der Waals surface area contributed by atoms with E-state index in [4.69, 9.17) is 0 Å². The van der Waals surface area contributed by atoms with E-state index in [1.54, 1.807) is 0 Å². The Hall–Kier alpha value is -1.44. The zero-order valence-corrected chi connectivity index (χ0v) is 8.04. The van der Waals surface area contributed by atoms with Crippen LogP contribution in [0.1, 0.15) is 6.92 Å². The van der Waals surface area contributed by atoms with Crippen LogP contribution in [0.5, 0.6) is 0 Å². The maximum atomic E-state index is 3.15. The standard InChI is InChI=1S/C11H14N2/c1-9-4-3-6-13-7-5-10(12-2)8-11(9)13/h3-5,7-8,12H,6H2,1-2H3. The largest absolute Gasteiger partial charge is 0.388 e. The van der Waals surface area contributed by atoms with Crippen molar-refractivity contribution in [2.45, 2.75) is 6.92 Å². The van der Waals surface area contributed by atoms with Crippen LogP contribution in [-0.2, 0) is 0 Å². The third kappa shape index (κ3) is 1.39. The average Bonchev–Trinajstić information content (AvgIpc) is 2.18. The van der Waals surface area contributed by atoms with E-state index in [0.29, 0.717) is 0 Å². The molecule has 68 valence electrons. The Balaban J connectivity index is 2.38. The first-order chi connectivity index (χ1) is 6.31. The Morgan fingerprint density at radius 2 is 2.23 bits per heavy atom. The molecular weight excluding hydrogens is 160 g/mol. The first kappa shape index (κ1) is 8.17. The number of rotatable bonds is 1. The summed E-state index contributed by atoms with van der Waals surface area (Å²) in [6, 6.07) is 0. The Morgan fingerprint density at radius 1 is 1.38 bits per heavy atom. The molecule has 1 N–H and O–H groups in total. The molecule has 0 atom stereocenters. The smallest absolute Gasteiger partial charge is 0.0459 e. The zero-order chi connectivity index (χ0) is 9.26. The van der Waals surface area contributed by atoms with Crippen molar-refractivity contribution in [2.24, 2.45) is 0 Å². The highest BCUT2D eigenvalue weighted by Crippen LogP contribution is 2.22. The molecule has 2 aliphatic heterocycles. The van der Waals surface area contributed by atoms with E-state index in [1.165, 1.54) is 17.0 Å². The van der Waals surface area contributed by atoms with Gasteiger partial charge in [0.25, 0.3) is 0 Å². The van der Waals surface area contributed by atoms with Gasteiger partial charge in [0.1, 0.15) is 0 Å². The van der Waals surface area contributed by atoms with E-state index >= 15 is 0 Å². The lowest BCUT2D eigenvalue weighted by atomic mass is 10.1. The van der Waals surface area contributed by atoms with Crippen LogP contribution in [0.25, 0.3) is 0 Å². The molecule has 2 heterocycles.